The summed E-state index contributed by atoms with van der Waals surface area (Å²) in [7, 11) is 4.02. The average molecular weight is 263 g/mol. The van der Waals surface area contributed by atoms with Gasteiger partial charge in [-0.2, -0.15) is 0 Å². The van der Waals surface area contributed by atoms with Crippen LogP contribution in [0.25, 0.3) is 0 Å². The van der Waals surface area contributed by atoms with Gasteiger partial charge in [-0.1, -0.05) is 37.3 Å². The molecule has 0 aromatic heterocycles. The Hall–Kier alpha value is -1.39. The van der Waals surface area contributed by atoms with Crippen LogP contribution in [-0.2, 0) is 11.2 Å². The lowest BCUT2D eigenvalue weighted by Crippen LogP contribution is -2.57. The first kappa shape index (κ1) is 15.7. The third kappa shape index (κ3) is 4.65. The van der Waals surface area contributed by atoms with Crippen molar-refractivity contribution < 1.29 is 4.79 Å². The van der Waals surface area contributed by atoms with Crippen molar-refractivity contribution in [1.82, 2.24) is 10.2 Å². The second-order valence-corrected chi connectivity index (χ2v) is 5.19. The van der Waals surface area contributed by atoms with Gasteiger partial charge >= 0.3 is 0 Å². The zero-order valence-corrected chi connectivity index (χ0v) is 12.1. The van der Waals surface area contributed by atoms with Crippen LogP contribution in [-0.4, -0.2) is 43.5 Å². The van der Waals surface area contributed by atoms with Gasteiger partial charge in [0.2, 0.25) is 5.91 Å². The molecule has 0 saturated carbocycles. The van der Waals surface area contributed by atoms with Crippen LogP contribution in [0.5, 0.6) is 0 Å². The fraction of sp³-hybridized carbons (Fsp3) is 0.533. The van der Waals surface area contributed by atoms with Gasteiger partial charge in [0.05, 0.1) is 0 Å². The Morgan fingerprint density at radius 1 is 1.32 bits per heavy atom. The molecule has 19 heavy (non-hydrogen) atoms. The van der Waals surface area contributed by atoms with Crippen molar-refractivity contribution in [3.05, 3.63) is 35.9 Å². The smallest absolute Gasteiger partial charge is 0.238 e. The molecule has 0 spiro atoms. The molecule has 1 aromatic carbocycles. The molecule has 0 bridgehead atoms. The number of primary amides is 1. The number of carbonyl (C=O) groups excluding carboxylic acids is 1. The van der Waals surface area contributed by atoms with E-state index in [1.807, 2.05) is 51.4 Å². The molecule has 1 amide bonds. The van der Waals surface area contributed by atoms with Crippen LogP contribution in [0.15, 0.2) is 30.3 Å². The van der Waals surface area contributed by atoms with Crippen LogP contribution in [0, 0.1) is 0 Å². The number of hydrogen-bond acceptors (Lipinski definition) is 3. The molecule has 0 fully saturated rings. The lowest BCUT2D eigenvalue weighted by Gasteiger charge is -2.31. The maximum Gasteiger partial charge on any atom is 0.238 e. The predicted molar refractivity (Wildman–Crippen MR) is 78.9 cm³/mol. The highest BCUT2D eigenvalue weighted by atomic mass is 16.1. The summed E-state index contributed by atoms with van der Waals surface area (Å²) < 4.78 is 0. The van der Waals surface area contributed by atoms with E-state index in [0.29, 0.717) is 12.8 Å². The van der Waals surface area contributed by atoms with Crippen LogP contribution in [0.1, 0.15) is 18.9 Å². The molecular weight excluding hydrogens is 238 g/mol. The number of nitrogens with two attached hydrogens (primary N) is 1. The van der Waals surface area contributed by atoms with Crippen LogP contribution < -0.4 is 11.1 Å². The standard InChI is InChI=1S/C15H25N3O/c1-4-15(14(16)19,17-10-11-18(2)3)12-13-8-6-5-7-9-13/h5-9,17H,4,10-12H2,1-3H3,(H2,16,19). The molecule has 4 heteroatoms. The molecule has 1 unspecified atom stereocenters. The molecule has 1 atom stereocenters. The van der Waals surface area contributed by atoms with Crippen molar-refractivity contribution in [2.75, 3.05) is 27.2 Å². The van der Waals surface area contributed by atoms with Gasteiger partial charge < -0.3 is 16.0 Å². The van der Waals surface area contributed by atoms with Gasteiger partial charge in [0, 0.05) is 13.1 Å². The van der Waals surface area contributed by atoms with Crippen LogP contribution in [0.2, 0.25) is 0 Å². The molecule has 0 heterocycles. The van der Waals surface area contributed by atoms with E-state index < -0.39 is 5.54 Å². The molecule has 0 aliphatic heterocycles. The van der Waals surface area contributed by atoms with E-state index in [4.69, 9.17) is 5.73 Å². The summed E-state index contributed by atoms with van der Waals surface area (Å²) in [6.07, 6.45) is 1.32. The molecule has 1 rings (SSSR count). The second-order valence-electron chi connectivity index (χ2n) is 5.19. The van der Waals surface area contributed by atoms with Crippen LogP contribution >= 0.6 is 0 Å². The zero-order chi connectivity index (χ0) is 14.3. The topological polar surface area (TPSA) is 58.4 Å². The van der Waals surface area contributed by atoms with Crippen molar-refractivity contribution in [1.29, 1.82) is 0 Å². The summed E-state index contributed by atoms with van der Waals surface area (Å²) in [6, 6.07) is 10.00. The lowest BCUT2D eigenvalue weighted by molar-refractivity contribution is -0.124. The highest BCUT2D eigenvalue weighted by Crippen LogP contribution is 2.17. The van der Waals surface area contributed by atoms with Crippen molar-refractivity contribution in [3.63, 3.8) is 0 Å². The second kappa shape index (κ2) is 7.26. The maximum atomic E-state index is 11.9. The third-order valence-corrected chi connectivity index (χ3v) is 3.45. The third-order valence-electron chi connectivity index (χ3n) is 3.45. The van der Waals surface area contributed by atoms with E-state index in [1.165, 1.54) is 0 Å². The summed E-state index contributed by atoms with van der Waals surface area (Å²) in [5.74, 6) is -0.280. The van der Waals surface area contributed by atoms with Crippen molar-refractivity contribution >= 4 is 5.91 Å². The minimum Gasteiger partial charge on any atom is -0.368 e. The Kier molecular flexibility index (Phi) is 5.99. The normalized spacial score (nSPS) is 14.3. The summed E-state index contributed by atoms with van der Waals surface area (Å²) in [6.45, 7) is 3.62. The van der Waals surface area contributed by atoms with Gasteiger partial charge in [0.15, 0.2) is 0 Å². The maximum absolute atomic E-state index is 11.9. The summed E-state index contributed by atoms with van der Waals surface area (Å²) in [4.78, 5) is 14.0. The lowest BCUT2D eigenvalue weighted by atomic mass is 9.87. The monoisotopic (exact) mass is 263 g/mol. The van der Waals surface area contributed by atoms with Gasteiger partial charge in [0.1, 0.15) is 5.54 Å². The number of rotatable bonds is 8. The number of likely N-dealkylation sites (N-methyl/N-ethyl adjacent to an activating group) is 1. The van der Waals surface area contributed by atoms with Gasteiger partial charge in [-0.15, -0.1) is 0 Å². The number of hydrogen-bond donors (Lipinski definition) is 2. The van der Waals surface area contributed by atoms with Crippen LogP contribution in [0.3, 0.4) is 0 Å². The first-order valence-electron chi connectivity index (χ1n) is 6.74. The van der Waals surface area contributed by atoms with E-state index in [9.17, 15) is 4.79 Å². The van der Waals surface area contributed by atoms with Crippen molar-refractivity contribution in [3.8, 4) is 0 Å². The SMILES string of the molecule is CCC(Cc1ccccc1)(NCCN(C)C)C(N)=O. The van der Waals surface area contributed by atoms with Gasteiger partial charge in [-0.25, -0.2) is 0 Å². The van der Waals surface area contributed by atoms with E-state index in [2.05, 4.69) is 10.2 Å². The van der Waals surface area contributed by atoms with E-state index in [0.717, 1.165) is 18.7 Å². The zero-order valence-electron chi connectivity index (χ0n) is 12.1. The first-order chi connectivity index (χ1) is 9.00. The molecule has 4 nitrogen and oxygen atoms in total. The van der Waals surface area contributed by atoms with E-state index in [-0.39, 0.29) is 5.91 Å². The average Bonchev–Trinajstić information content (AvgIpc) is 2.38. The van der Waals surface area contributed by atoms with Crippen molar-refractivity contribution in [2.45, 2.75) is 25.3 Å². The summed E-state index contributed by atoms with van der Waals surface area (Å²) in [5, 5.41) is 3.35. The van der Waals surface area contributed by atoms with Gasteiger partial charge in [0.25, 0.3) is 0 Å². The Balaban J connectivity index is 2.77. The van der Waals surface area contributed by atoms with Gasteiger partial charge in [-0.3, -0.25) is 4.79 Å². The largest absolute Gasteiger partial charge is 0.368 e. The fourth-order valence-electron chi connectivity index (χ4n) is 2.12. The van der Waals surface area contributed by atoms with Crippen molar-refractivity contribution in [2.24, 2.45) is 5.73 Å². The highest BCUT2D eigenvalue weighted by molar-refractivity contribution is 5.85. The van der Waals surface area contributed by atoms with E-state index >= 15 is 0 Å². The number of benzene rings is 1. The minimum absolute atomic E-state index is 0.280. The number of carbonyl (C=O) groups is 1. The Bertz CT molecular complexity index is 392. The molecule has 0 saturated heterocycles. The highest BCUT2D eigenvalue weighted by Gasteiger charge is 2.34. The van der Waals surface area contributed by atoms with Gasteiger partial charge in [-0.05, 0) is 32.5 Å². The Morgan fingerprint density at radius 2 is 1.95 bits per heavy atom. The van der Waals surface area contributed by atoms with E-state index in [1.54, 1.807) is 0 Å². The molecule has 3 N–H and O–H groups in total. The fourth-order valence-corrected chi connectivity index (χ4v) is 2.12. The predicted octanol–water partition coefficient (Wildman–Crippen LogP) is 1.01. The Morgan fingerprint density at radius 3 is 2.42 bits per heavy atom. The summed E-state index contributed by atoms with van der Waals surface area (Å²) in [5.41, 5.74) is 6.10. The van der Waals surface area contributed by atoms with Crippen LogP contribution in [0.4, 0.5) is 0 Å². The quantitative estimate of drug-likeness (QED) is 0.736. The molecule has 0 radical (unpaired) electrons. The summed E-state index contributed by atoms with van der Waals surface area (Å²) >= 11 is 0. The molecule has 0 aliphatic rings. The number of nitrogens with zero attached hydrogens (tertiary/aromatic N) is 1. The molecule has 106 valence electrons. The molecule has 1 aromatic rings. The minimum atomic E-state index is -0.655. The number of nitrogens with one attached hydrogen (secondary N) is 1. The number of amides is 1. The Labute approximate surface area is 116 Å². The first-order valence-corrected chi connectivity index (χ1v) is 6.74. The molecule has 0 aliphatic carbocycles. The molecular formula is C15H25N3O.